The minimum absolute atomic E-state index is 0.0964. The van der Waals surface area contributed by atoms with Crippen molar-refractivity contribution in [3.8, 4) is 0 Å². The number of unbranched alkanes of at least 4 members (excludes halogenated alkanes) is 22. The summed E-state index contributed by atoms with van der Waals surface area (Å²) in [6, 6.07) is 0. The van der Waals surface area contributed by atoms with Crippen molar-refractivity contribution in [2.24, 2.45) is 5.73 Å². The first-order chi connectivity index (χ1) is 26.9. The molecule has 0 spiro atoms. The molecule has 322 valence electrons. The summed E-state index contributed by atoms with van der Waals surface area (Å²) in [6.07, 6.45) is 51.3. The Labute approximate surface area is 339 Å². The van der Waals surface area contributed by atoms with E-state index in [9.17, 15) is 14.3 Å². The zero-order valence-electron chi connectivity index (χ0n) is 35.7. The fraction of sp³-hybridized carbons (Fsp3) is 0.804. The average Bonchev–Trinajstić information content (AvgIpc) is 3.17. The molecule has 9 heteroatoms. The molecule has 0 amide bonds. The summed E-state index contributed by atoms with van der Waals surface area (Å²) in [5, 5.41) is 0. The van der Waals surface area contributed by atoms with E-state index in [1.165, 1.54) is 122 Å². The third kappa shape index (κ3) is 43.4. The van der Waals surface area contributed by atoms with E-state index in [-0.39, 0.29) is 32.3 Å². The lowest BCUT2D eigenvalue weighted by Gasteiger charge is -2.20. The maximum absolute atomic E-state index is 12.6. The topological polar surface area (TPSA) is 117 Å². The lowest BCUT2D eigenvalue weighted by molar-refractivity contribution is -0.154. The van der Waals surface area contributed by atoms with Crippen molar-refractivity contribution in [1.29, 1.82) is 0 Å². The molecule has 0 saturated carbocycles. The maximum Gasteiger partial charge on any atom is 0.472 e. The first-order valence-electron chi connectivity index (χ1n) is 22.6. The summed E-state index contributed by atoms with van der Waals surface area (Å²) in [6.45, 7) is 4.85. The highest BCUT2D eigenvalue weighted by atomic mass is 31.2. The van der Waals surface area contributed by atoms with Crippen LogP contribution in [0.15, 0.2) is 48.6 Å². The number of esters is 1. The van der Waals surface area contributed by atoms with Gasteiger partial charge in [-0.25, -0.2) is 4.57 Å². The number of carbonyl (C=O) groups is 1. The first-order valence-corrected chi connectivity index (χ1v) is 24.1. The van der Waals surface area contributed by atoms with E-state index in [0.717, 1.165) is 57.8 Å². The maximum atomic E-state index is 12.6. The Balaban J connectivity index is 4.02. The number of hydrogen-bond donors (Lipinski definition) is 2. The predicted molar refractivity (Wildman–Crippen MR) is 233 cm³/mol. The Bertz CT molecular complexity index is 983. The van der Waals surface area contributed by atoms with Gasteiger partial charge in [-0.3, -0.25) is 13.8 Å². The summed E-state index contributed by atoms with van der Waals surface area (Å²) in [5.74, 6) is -0.339. The lowest BCUT2D eigenvalue weighted by Crippen LogP contribution is -2.28. The molecule has 0 rings (SSSR count). The molecule has 0 heterocycles. The minimum atomic E-state index is -4.28. The van der Waals surface area contributed by atoms with E-state index in [2.05, 4.69) is 62.5 Å². The second-order valence-corrected chi connectivity index (χ2v) is 16.4. The molecule has 0 aliphatic heterocycles. The van der Waals surface area contributed by atoms with Gasteiger partial charge >= 0.3 is 13.8 Å². The second-order valence-electron chi connectivity index (χ2n) is 14.9. The number of carbonyl (C=O) groups excluding carboxylic acids is 1. The summed E-state index contributed by atoms with van der Waals surface area (Å²) in [4.78, 5) is 22.5. The van der Waals surface area contributed by atoms with E-state index in [0.29, 0.717) is 13.0 Å². The highest BCUT2D eigenvalue weighted by Crippen LogP contribution is 2.43. The normalized spacial score (nSPS) is 13.9. The Hall–Kier alpha value is -1.54. The van der Waals surface area contributed by atoms with Gasteiger partial charge in [-0.1, -0.05) is 172 Å². The molecule has 0 saturated heterocycles. The van der Waals surface area contributed by atoms with Crippen molar-refractivity contribution in [1.82, 2.24) is 0 Å². The van der Waals surface area contributed by atoms with Crippen LogP contribution in [0.2, 0.25) is 0 Å². The molecule has 0 fully saturated rings. The average molecular weight is 796 g/mol. The molecule has 0 aromatic carbocycles. The van der Waals surface area contributed by atoms with Crippen LogP contribution in [0.4, 0.5) is 0 Å². The number of hydrogen-bond acceptors (Lipinski definition) is 7. The molecule has 2 atom stereocenters. The van der Waals surface area contributed by atoms with Gasteiger partial charge < -0.3 is 20.1 Å². The van der Waals surface area contributed by atoms with Gasteiger partial charge in [0.05, 0.1) is 19.8 Å². The molecule has 0 aromatic rings. The van der Waals surface area contributed by atoms with Crippen molar-refractivity contribution in [2.75, 3.05) is 33.0 Å². The SMILES string of the molecule is CCCC/C=C\C/C=C\CCCCCCCCOCC(COP(=O)(O)OCCN)OC(=O)CCCCCCCCCCC/C=C\C/C=C\CCCCCCC. The molecule has 0 bridgehead atoms. The molecular weight excluding hydrogens is 709 g/mol. The standard InChI is InChI=1S/C46H86NO7P/c1-3-5-7-9-11-13-15-17-19-20-21-22-23-24-25-27-29-31-33-35-37-39-46(48)54-45(44-53-55(49,50)52-42-40-47)43-51-41-38-36-34-32-30-28-26-18-16-14-12-10-8-6-4-2/h10,12,15-18,20-21,45H,3-9,11,13-14,19,22-44,47H2,1-2H3,(H,49,50)/b12-10-,17-15-,18-16-,21-20-. The van der Waals surface area contributed by atoms with Crippen molar-refractivity contribution < 1.29 is 32.8 Å². The number of nitrogens with two attached hydrogens (primary N) is 1. The van der Waals surface area contributed by atoms with E-state index >= 15 is 0 Å². The van der Waals surface area contributed by atoms with Crippen LogP contribution >= 0.6 is 7.82 Å². The van der Waals surface area contributed by atoms with Gasteiger partial charge in [0.1, 0.15) is 6.10 Å². The minimum Gasteiger partial charge on any atom is -0.457 e. The fourth-order valence-electron chi connectivity index (χ4n) is 6.10. The van der Waals surface area contributed by atoms with Gasteiger partial charge in [0.25, 0.3) is 0 Å². The largest absolute Gasteiger partial charge is 0.472 e. The van der Waals surface area contributed by atoms with Gasteiger partial charge in [0.15, 0.2) is 0 Å². The highest BCUT2D eigenvalue weighted by Gasteiger charge is 2.25. The van der Waals surface area contributed by atoms with Gasteiger partial charge in [-0.2, -0.15) is 0 Å². The van der Waals surface area contributed by atoms with Crippen LogP contribution in [0.5, 0.6) is 0 Å². The number of phosphoric ester groups is 1. The summed E-state index contributed by atoms with van der Waals surface area (Å²) in [5.41, 5.74) is 5.37. The van der Waals surface area contributed by atoms with Crippen LogP contribution in [-0.4, -0.2) is 49.9 Å². The predicted octanol–water partition coefficient (Wildman–Crippen LogP) is 13.6. The van der Waals surface area contributed by atoms with Gasteiger partial charge in [-0.05, 0) is 70.6 Å². The van der Waals surface area contributed by atoms with E-state index in [4.69, 9.17) is 24.3 Å². The molecule has 55 heavy (non-hydrogen) atoms. The summed E-state index contributed by atoms with van der Waals surface area (Å²) >= 11 is 0. The van der Waals surface area contributed by atoms with Crippen LogP contribution < -0.4 is 5.73 Å². The molecule has 2 unspecified atom stereocenters. The molecule has 3 N–H and O–H groups in total. The molecule has 0 aliphatic carbocycles. The lowest BCUT2D eigenvalue weighted by atomic mass is 10.1. The molecule has 8 nitrogen and oxygen atoms in total. The zero-order chi connectivity index (χ0) is 40.2. The van der Waals surface area contributed by atoms with Crippen molar-refractivity contribution in [3.05, 3.63) is 48.6 Å². The quantitative estimate of drug-likeness (QED) is 0.0271. The van der Waals surface area contributed by atoms with Crippen LogP contribution in [0.3, 0.4) is 0 Å². The Morgan fingerprint density at radius 3 is 1.47 bits per heavy atom. The Morgan fingerprint density at radius 2 is 0.982 bits per heavy atom. The molecular formula is C46H86NO7P. The van der Waals surface area contributed by atoms with Crippen molar-refractivity contribution in [2.45, 2.75) is 206 Å². The zero-order valence-corrected chi connectivity index (χ0v) is 36.6. The number of rotatable bonds is 43. The van der Waals surface area contributed by atoms with Gasteiger partial charge in [0.2, 0.25) is 0 Å². The molecule has 0 radical (unpaired) electrons. The van der Waals surface area contributed by atoms with Crippen LogP contribution in [0.1, 0.15) is 200 Å². The van der Waals surface area contributed by atoms with Crippen molar-refractivity contribution >= 4 is 13.8 Å². The highest BCUT2D eigenvalue weighted by molar-refractivity contribution is 7.47. The van der Waals surface area contributed by atoms with Gasteiger partial charge in [-0.15, -0.1) is 0 Å². The molecule has 0 aromatic heterocycles. The van der Waals surface area contributed by atoms with Crippen LogP contribution in [0, 0.1) is 0 Å². The fourth-order valence-corrected chi connectivity index (χ4v) is 6.87. The van der Waals surface area contributed by atoms with E-state index in [1.807, 2.05) is 0 Å². The molecule has 0 aliphatic rings. The summed E-state index contributed by atoms with van der Waals surface area (Å²) < 4.78 is 33.4. The Kier molecular flexibility index (Phi) is 42.4. The third-order valence-corrected chi connectivity index (χ3v) is 10.5. The number of ether oxygens (including phenoxy) is 2. The second kappa shape index (κ2) is 43.6. The number of phosphoric acid groups is 1. The van der Waals surface area contributed by atoms with Crippen molar-refractivity contribution in [3.63, 3.8) is 0 Å². The first kappa shape index (κ1) is 53.5. The number of allylic oxidation sites excluding steroid dienone is 8. The third-order valence-electron chi connectivity index (χ3n) is 9.47. The van der Waals surface area contributed by atoms with Crippen LogP contribution in [-0.2, 0) is 27.9 Å². The Morgan fingerprint density at radius 1 is 0.545 bits per heavy atom. The smallest absolute Gasteiger partial charge is 0.457 e. The summed E-state index contributed by atoms with van der Waals surface area (Å²) in [7, 11) is -4.28. The van der Waals surface area contributed by atoms with Gasteiger partial charge in [0, 0.05) is 19.6 Å². The monoisotopic (exact) mass is 796 g/mol. The van der Waals surface area contributed by atoms with E-state index in [1.54, 1.807) is 0 Å². The van der Waals surface area contributed by atoms with Crippen LogP contribution in [0.25, 0.3) is 0 Å². The van der Waals surface area contributed by atoms with E-state index < -0.39 is 13.9 Å².